The molecule has 0 aliphatic rings. The molecule has 5 aromatic rings. The van der Waals surface area contributed by atoms with Crippen molar-refractivity contribution in [2.75, 3.05) is 5.75 Å². The molecule has 5 rings (SSSR count). The first kappa shape index (κ1) is 16.8. The van der Waals surface area contributed by atoms with E-state index in [1.807, 2.05) is 83.4 Å². The number of carbonyl (C=O) groups excluding carboxylic acids is 1. The molecule has 28 heavy (non-hydrogen) atoms. The van der Waals surface area contributed by atoms with Crippen molar-refractivity contribution in [3.63, 3.8) is 0 Å². The molecule has 0 bridgehead atoms. The van der Waals surface area contributed by atoms with E-state index in [1.165, 1.54) is 11.8 Å². The number of ketones is 1. The van der Waals surface area contributed by atoms with Crippen molar-refractivity contribution in [2.24, 2.45) is 0 Å². The Balaban J connectivity index is 1.50. The lowest BCUT2D eigenvalue weighted by Gasteiger charge is -2.05. The molecule has 0 saturated heterocycles. The number of Topliss-reactive ketones (excluding diaryl/α,β-unsaturated/α-hetero) is 1. The monoisotopic (exact) mass is 384 g/mol. The number of hydrogen-bond donors (Lipinski definition) is 0. The minimum Gasteiger partial charge on any atom is -0.431 e. The Morgan fingerprint density at radius 3 is 2.61 bits per heavy atom. The fourth-order valence-corrected chi connectivity index (χ4v) is 4.06. The molecule has 0 atom stereocenters. The van der Waals surface area contributed by atoms with Crippen LogP contribution in [0.5, 0.6) is 0 Å². The van der Waals surface area contributed by atoms with Gasteiger partial charge < -0.3 is 8.82 Å². The number of thioether (sulfide) groups is 1. The van der Waals surface area contributed by atoms with Crippen LogP contribution in [0.25, 0.3) is 27.7 Å². The third-order valence-corrected chi connectivity index (χ3v) is 5.46. The first-order chi connectivity index (χ1) is 13.8. The van der Waals surface area contributed by atoms with Crippen molar-refractivity contribution < 1.29 is 9.21 Å². The van der Waals surface area contributed by atoms with Gasteiger partial charge in [-0.3, -0.25) is 4.79 Å². The summed E-state index contributed by atoms with van der Waals surface area (Å²) in [6.45, 7) is 0. The summed E-state index contributed by atoms with van der Waals surface area (Å²) in [7, 11) is 0. The average molecular weight is 384 g/mol. The number of fused-ring (bicyclic) bond motifs is 2. The molecule has 4 nitrogen and oxygen atoms in total. The van der Waals surface area contributed by atoms with Crippen LogP contribution in [-0.2, 0) is 0 Å². The van der Waals surface area contributed by atoms with Gasteiger partial charge in [-0.25, -0.2) is 4.98 Å². The van der Waals surface area contributed by atoms with E-state index in [0.717, 1.165) is 27.7 Å². The Hall–Kier alpha value is -3.31. The standard InChI is InChI=1S/C23H16N2O2S/c26-20(15-28-23-24-19-11-4-5-12-21(19)27-23)22-18(16-8-2-1-3-9-16)14-17-10-6-7-13-25(17)22/h1-14H,15H2. The Kier molecular flexibility index (Phi) is 4.22. The zero-order chi connectivity index (χ0) is 18.9. The van der Waals surface area contributed by atoms with Crippen molar-refractivity contribution >= 4 is 34.2 Å². The third-order valence-electron chi connectivity index (χ3n) is 4.63. The highest BCUT2D eigenvalue weighted by atomic mass is 32.2. The Morgan fingerprint density at radius 2 is 1.75 bits per heavy atom. The summed E-state index contributed by atoms with van der Waals surface area (Å²) in [4.78, 5) is 17.6. The summed E-state index contributed by atoms with van der Waals surface area (Å²) < 4.78 is 7.69. The number of hydrogen-bond acceptors (Lipinski definition) is 4. The molecule has 0 fully saturated rings. The molecule has 0 saturated carbocycles. The molecule has 3 aromatic heterocycles. The number of pyridine rings is 1. The number of rotatable bonds is 5. The number of para-hydroxylation sites is 2. The van der Waals surface area contributed by atoms with Gasteiger partial charge >= 0.3 is 0 Å². The normalized spacial score (nSPS) is 11.3. The number of benzene rings is 2. The van der Waals surface area contributed by atoms with Crippen LogP contribution in [0.4, 0.5) is 0 Å². The van der Waals surface area contributed by atoms with Crippen molar-refractivity contribution in [3.05, 3.63) is 90.8 Å². The maximum absolute atomic E-state index is 13.2. The molecule has 0 aliphatic carbocycles. The SMILES string of the molecule is O=C(CSc1nc2ccccc2o1)c1c(-c2ccccc2)cc2ccccn12. The maximum Gasteiger partial charge on any atom is 0.257 e. The predicted molar refractivity (Wildman–Crippen MR) is 112 cm³/mol. The molecular weight excluding hydrogens is 368 g/mol. The molecule has 5 heteroatoms. The summed E-state index contributed by atoms with van der Waals surface area (Å²) in [5.74, 6) is 0.297. The van der Waals surface area contributed by atoms with Gasteiger partial charge in [-0.15, -0.1) is 0 Å². The zero-order valence-corrected chi connectivity index (χ0v) is 15.7. The summed E-state index contributed by atoms with van der Waals surface area (Å²) in [6.07, 6.45) is 1.93. The minimum atomic E-state index is 0.0392. The van der Waals surface area contributed by atoms with Gasteiger partial charge in [0.05, 0.1) is 11.4 Å². The molecule has 0 spiro atoms. The van der Waals surface area contributed by atoms with Gasteiger partial charge in [0.25, 0.3) is 5.22 Å². The van der Waals surface area contributed by atoms with Gasteiger partial charge in [0.15, 0.2) is 11.4 Å². The second-order valence-corrected chi connectivity index (χ2v) is 7.35. The van der Waals surface area contributed by atoms with Crippen molar-refractivity contribution in [2.45, 2.75) is 5.22 Å². The van der Waals surface area contributed by atoms with Gasteiger partial charge in [-0.2, -0.15) is 0 Å². The number of aromatic nitrogens is 2. The van der Waals surface area contributed by atoms with Gasteiger partial charge in [-0.1, -0.05) is 60.3 Å². The third kappa shape index (κ3) is 3.00. The molecule has 0 N–H and O–H groups in total. The van der Waals surface area contributed by atoms with Crippen molar-refractivity contribution in [3.8, 4) is 11.1 Å². The van der Waals surface area contributed by atoms with Crippen LogP contribution in [0.3, 0.4) is 0 Å². The van der Waals surface area contributed by atoms with Crippen LogP contribution >= 0.6 is 11.8 Å². The second kappa shape index (κ2) is 7.02. The second-order valence-electron chi connectivity index (χ2n) is 6.43. The molecule has 0 aliphatic heterocycles. The smallest absolute Gasteiger partial charge is 0.257 e. The average Bonchev–Trinajstić information content (AvgIpc) is 3.34. The van der Waals surface area contributed by atoms with E-state index < -0.39 is 0 Å². The molecule has 0 unspecified atom stereocenters. The lowest BCUT2D eigenvalue weighted by molar-refractivity contribution is 0.101. The first-order valence-corrected chi connectivity index (χ1v) is 9.95. The Labute approximate surface area is 165 Å². The molecule has 0 amide bonds. The van der Waals surface area contributed by atoms with E-state index in [9.17, 15) is 4.79 Å². The van der Waals surface area contributed by atoms with Crippen LogP contribution in [-0.4, -0.2) is 20.9 Å². The van der Waals surface area contributed by atoms with Crippen LogP contribution in [0.1, 0.15) is 10.5 Å². The lowest BCUT2D eigenvalue weighted by Crippen LogP contribution is -2.07. The van der Waals surface area contributed by atoms with Gasteiger partial charge in [0, 0.05) is 17.3 Å². The number of oxazole rings is 1. The highest BCUT2D eigenvalue weighted by Gasteiger charge is 2.19. The fraction of sp³-hybridized carbons (Fsp3) is 0.0435. The Morgan fingerprint density at radius 1 is 0.964 bits per heavy atom. The molecule has 2 aromatic carbocycles. The molecule has 136 valence electrons. The van der Waals surface area contributed by atoms with E-state index in [2.05, 4.69) is 11.1 Å². The summed E-state index contributed by atoms with van der Waals surface area (Å²) in [5.41, 5.74) is 5.18. The van der Waals surface area contributed by atoms with E-state index in [1.54, 1.807) is 0 Å². The minimum absolute atomic E-state index is 0.0392. The van der Waals surface area contributed by atoms with Crippen molar-refractivity contribution in [1.82, 2.24) is 9.38 Å². The largest absolute Gasteiger partial charge is 0.431 e. The quantitative estimate of drug-likeness (QED) is 0.287. The lowest BCUT2D eigenvalue weighted by atomic mass is 10.0. The van der Waals surface area contributed by atoms with Gasteiger partial charge in [0.1, 0.15) is 5.52 Å². The van der Waals surface area contributed by atoms with E-state index in [4.69, 9.17) is 4.42 Å². The molecular formula is C23H16N2O2S. The van der Waals surface area contributed by atoms with Gasteiger partial charge in [-0.05, 0) is 35.9 Å². The highest BCUT2D eigenvalue weighted by molar-refractivity contribution is 7.99. The van der Waals surface area contributed by atoms with E-state index in [-0.39, 0.29) is 11.5 Å². The predicted octanol–water partition coefficient (Wildman–Crippen LogP) is 5.72. The maximum atomic E-state index is 13.2. The fourth-order valence-electron chi connectivity index (χ4n) is 3.35. The topological polar surface area (TPSA) is 47.5 Å². The van der Waals surface area contributed by atoms with Crippen LogP contribution in [0.15, 0.2) is 94.7 Å². The van der Waals surface area contributed by atoms with E-state index in [0.29, 0.717) is 10.9 Å². The first-order valence-electron chi connectivity index (χ1n) is 8.97. The number of nitrogens with zero attached hydrogens (tertiary/aromatic N) is 2. The molecule has 3 heterocycles. The van der Waals surface area contributed by atoms with Crippen LogP contribution in [0.2, 0.25) is 0 Å². The van der Waals surface area contributed by atoms with Crippen LogP contribution in [0, 0.1) is 0 Å². The van der Waals surface area contributed by atoms with E-state index >= 15 is 0 Å². The van der Waals surface area contributed by atoms with Crippen molar-refractivity contribution in [1.29, 1.82) is 0 Å². The zero-order valence-electron chi connectivity index (χ0n) is 14.9. The number of carbonyl (C=O) groups is 1. The Bertz CT molecular complexity index is 1250. The summed E-state index contributed by atoms with van der Waals surface area (Å²) >= 11 is 1.32. The summed E-state index contributed by atoms with van der Waals surface area (Å²) in [5, 5.41) is 0.511. The highest BCUT2D eigenvalue weighted by Crippen LogP contribution is 2.30. The molecule has 0 radical (unpaired) electrons. The summed E-state index contributed by atoms with van der Waals surface area (Å²) in [6, 6.07) is 25.6. The van der Waals surface area contributed by atoms with Gasteiger partial charge in [0.2, 0.25) is 0 Å². The van der Waals surface area contributed by atoms with Crippen LogP contribution < -0.4 is 0 Å².